The zero-order valence-corrected chi connectivity index (χ0v) is 14.0. The molecule has 0 spiro atoms. The van der Waals surface area contributed by atoms with Crippen LogP contribution in [0, 0.1) is 6.92 Å². The van der Waals surface area contributed by atoms with Gasteiger partial charge in [0.2, 0.25) is 5.91 Å². The molecule has 3 heterocycles. The van der Waals surface area contributed by atoms with E-state index in [1.54, 1.807) is 0 Å². The number of amides is 1. The number of carbonyl (C=O) groups is 1. The van der Waals surface area contributed by atoms with Crippen LogP contribution in [0.2, 0.25) is 0 Å². The van der Waals surface area contributed by atoms with E-state index in [0.717, 1.165) is 30.3 Å². The number of benzene rings is 1. The van der Waals surface area contributed by atoms with Gasteiger partial charge in [-0.25, -0.2) is 4.98 Å². The Morgan fingerprint density at radius 2 is 2.12 bits per heavy atom. The van der Waals surface area contributed by atoms with Crippen LogP contribution in [0.4, 0.5) is 5.82 Å². The van der Waals surface area contributed by atoms with Crippen LogP contribution >= 0.6 is 0 Å². The summed E-state index contributed by atoms with van der Waals surface area (Å²) < 4.78 is 5.17. The maximum absolute atomic E-state index is 12.9. The van der Waals surface area contributed by atoms with E-state index in [1.807, 2.05) is 42.2 Å². The molecule has 1 N–H and O–H groups in total. The molecule has 0 bridgehead atoms. The minimum Gasteiger partial charge on any atom is -0.358 e. The number of aromatic nitrogens is 3. The van der Waals surface area contributed by atoms with Crippen molar-refractivity contribution in [1.29, 1.82) is 0 Å². The largest absolute Gasteiger partial charge is 0.358 e. The molecule has 0 radical (unpaired) electrons. The summed E-state index contributed by atoms with van der Waals surface area (Å²) in [6.07, 6.45) is 3.15. The number of carbonyl (C=O) groups excluding carboxylic acids is 1. The summed E-state index contributed by atoms with van der Waals surface area (Å²) in [4.78, 5) is 23.1. The SMILES string of the molecule is Cc1noc2ncnc(N[C@@H]3CCCN(Cc4ccccc4)C3=O)c12. The minimum absolute atomic E-state index is 0.0935. The molecular weight excluding hydrogens is 318 g/mol. The van der Waals surface area contributed by atoms with Gasteiger partial charge in [0.25, 0.3) is 5.71 Å². The Balaban J connectivity index is 1.54. The topological polar surface area (TPSA) is 84.2 Å². The fourth-order valence-corrected chi connectivity index (χ4v) is 3.23. The van der Waals surface area contributed by atoms with Crippen molar-refractivity contribution in [2.45, 2.75) is 32.4 Å². The van der Waals surface area contributed by atoms with Gasteiger partial charge in [0.05, 0.1) is 5.69 Å². The van der Waals surface area contributed by atoms with Crippen LogP contribution in [-0.2, 0) is 11.3 Å². The number of likely N-dealkylation sites (tertiary alicyclic amines) is 1. The van der Waals surface area contributed by atoms with Gasteiger partial charge in [-0.05, 0) is 25.3 Å². The first-order valence-electron chi connectivity index (χ1n) is 8.38. The molecule has 1 atom stereocenters. The summed E-state index contributed by atoms with van der Waals surface area (Å²) in [5, 5.41) is 7.93. The average molecular weight is 337 g/mol. The number of piperidine rings is 1. The van der Waals surface area contributed by atoms with Crippen molar-refractivity contribution >= 4 is 22.8 Å². The second-order valence-electron chi connectivity index (χ2n) is 6.25. The Bertz CT molecular complexity index is 893. The van der Waals surface area contributed by atoms with Crippen molar-refractivity contribution < 1.29 is 9.32 Å². The molecule has 25 heavy (non-hydrogen) atoms. The monoisotopic (exact) mass is 337 g/mol. The van der Waals surface area contributed by atoms with E-state index in [4.69, 9.17) is 4.52 Å². The zero-order chi connectivity index (χ0) is 17.2. The molecule has 7 nitrogen and oxygen atoms in total. The molecule has 1 aliphatic heterocycles. The van der Waals surface area contributed by atoms with Gasteiger partial charge in [-0.15, -0.1) is 0 Å². The number of nitrogens with zero attached hydrogens (tertiary/aromatic N) is 4. The minimum atomic E-state index is -0.301. The van der Waals surface area contributed by atoms with Crippen molar-refractivity contribution in [2.24, 2.45) is 0 Å². The summed E-state index contributed by atoms with van der Waals surface area (Å²) in [6, 6.07) is 9.74. The molecule has 1 aromatic carbocycles. The number of aryl methyl sites for hydroxylation is 1. The van der Waals surface area contributed by atoms with Gasteiger partial charge in [-0.1, -0.05) is 35.5 Å². The molecule has 1 amide bonds. The number of rotatable bonds is 4. The van der Waals surface area contributed by atoms with Crippen LogP contribution in [0.25, 0.3) is 11.1 Å². The summed E-state index contributed by atoms with van der Waals surface area (Å²) in [5.74, 6) is 0.694. The van der Waals surface area contributed by atoms with Gasteiger partial charge in [0, 0.05) is 13.1 Å². The molecular formula is C18H19N5O2. The van der Waals surface area contributed by atoms with Gasteiger partial charge in [0.15, 0.2) is 0 Å². The first-order chi connectivity index (χ1) is 12.2. The standard InChI is InChI=1S/C18H19N5O2/c1-12-15-16(19-11-20-17(15)25-22-12)21-14-8-5-9-23(18(14)24)10-13-6-3-2-4-7-13/h2-4,6-7,11,14H,5,8-10H2,1H3,(H,19,20,21)/t14-/m1/s1. The molecule has 0 aliphatic carbocycles. The molecule has 0 unspecified atom stereocenters. The summed E-state index contributed by atoms with van der Waals surface area (Å²) >= 11 is 0. The highest BCUT2D eigenvalue weighted by Gasteiger charge is 2.29. The maximum atomic E-state index is 12.9. The molecule has 2 aromatic heterocycles. The second kappa shape index (κ2) is 6.51. The highest BCUT2D eigenvalue weighted by Crippen LogP contribution is 2.25. The van der Waals surface area contributed by atoms with Gasteiger partial charge in [-0.2, -0.15) is 4.98 Å². The highest BCUT2D eigenvalue weighted by atomic mass is 16.5. The molecule has 1 fully saturated rings. The Kier molecular flexibility index (Phi) is 4.05. The van der Waals surface area contributed by atoms with Gasteiger partial charge < -0.3 is 14.7 Å². The number of hydrogen-bond donors (Lipinski definition) is 1. The third-order valence-electron chi connectivity index (χ3n) is 4.50. The number of hydrogen-bond acceptors (Lipinski definition) is 6. The van der Waals surface area contributed by atoms with Crippen LogP contribution in [0.3, 0.4) is 0 Å². The van der Waals surface area contributed by atoms with Crippen LogP contribution in [0.1, 0.15) is 24.1 Å². The third kappa shape index (κ3) is 3.05. The summed E-state index contributed by atoms with van der Waals surface area (Å²) in [7, 11) is 0. The highest BCUT2D eigenvalue weighted by molar-refractivity contribution is 5.91. The fourth-order valence-electron chi connectivity index (χ4n) is 3.23. The van der Waals surface area contributed by atoms with Gasteiger partial charge in [-0.3, -0.25) is 4.79 Å². The van der Waals surface area contributed by atoms with E-state index < -0.39 is 0 Å². The smallest absolute Gasteiger partial charge is 0.263 e. The van der Waals surface area contributed by atoms with Gasteiger partial charge >= 0.3 is 0 Å². The first-order valence-corrected chi connectivity index (χ1v) is 8.38. The van der Waals surface area contributed by atoms with Crippen molar-refractivity contribution in [3.8, 4) is 0 Å². The quantitative estimate of drug-likeness (QED) is 0.787. The van der Waals surface area contributed by atoms with Crippen molar-refractivity contribution in [2.75, 3.05) is 11.9 Å². The molecule has 3 aromatic rings. The fraction of sp³-hybridized carbons (Fsp3) is 0.333. The second-order valence-corrected chi connectivity index (χ2v) is 6.25. The van der Waals surface area contributed by atoms with Crippen molar-refractivity contribution in [1.82, 2.24) is 20.0 Å². The predicted molar refractivity (Wildman–Crippen MR) is 92.8 cm³/mol. The lowest BCUT2D eigenvalue weighted by molar-refractivity contribution is -0.134. The molecule has 4 rings (SSSR count). The Morgan fingerprint density at radius 1 is 1.28 bits per heavy atom. The predicted octanol–water partition coefficient (Wildman–Crippen LogP) is 2.53. The van der Waals surface area contributed by atoms with E-state index in [0.29, 0.717) is 23.8 Å². The number of fused-ring (bicyclic) bond motifs is 1. The first kappa shape index (κ1) is 15.6. The molecule has 0 saturated carbocycles. The Morgan fingerprint density at radius 3 is 2.96 bits per heavy atom. The van der Waals surface area contributed by atoms with Crippen LogP contribution in [-0.4, -0.2) is 38.5 Å². The summed E-state index contributed by atoms with van der Waals surface area (Å²) in [5.41, 5.74) is 2.28. The number of nitrogens with one attached hydrogen (secondary N) is 1. The molecule has 7 heteroatoms. The van der Waals surface area contributed by atoms with Crippen LogP contribution in [0.15, 0.2) is 41.2 Å². The molecule has 1 saturated heterocycles. The average Bonchev–Trinajstić information content (AvgIpc) is 3.02. The van der Waals surface area contributed by atoms with E-state index in [-0.39, 0.29) is 11.9 Å². The lowest BCUT2D eigenvalue weighted by Crippen LogP contribution is -2.47. The lowest BCUT2D eigenvalue weighted by Gasteiger charge is -2.33. The maximum Gasteiger partial charge on any atom is 0.263 e. The van der Waals surface area contributed by atoms with Crippen LogP contribution < -0.4 is 5.32 Å². The lowest BCUT2D eigenvalue weighted by atomic mass is 10.0. The van der Waals surface area contributed by atoms with E-state index >= 15 is 0 Å². The van der Waals surface area contributed by atoms with Crippen molar-refractivity contribution in [3.05, 3.63) is 47.9 Å². The third-order valence-corrected chi connectivity index (χ3v) is 4.50. The molecule has 1 aliphatic rings. The van der Waals surface area contributed by atoms with Crippen molar-refractivity contribution in [3.63, 3.8) is 0 Å². The van der Waals surface area contributed by atoms with Crippen LogP contribution in [0.5, 0.6) is 0 Å². The summed E-state index contributed by atoms with van der Waals surface area (Å²) in [6.45, 7) is 3.24. The number of anilines is 1. The normalized spacial score (nSPS) is 17.9. The van der Waals surface area contributed by atoms with Gasteiger partial charge in [0.1, 0.15) is 23.6 Å². The Hall–Kier alpha value is -2.96. The van der Waals surface area contributed by atoms with E-state index in [1.165, 1.54) is 6.33 Å². The van der Waals surface area contributed by atoms with E-state index in [9.17, 15) is 4.79 Å². The Labute approximate surface area is 145 Å². The zero-order valence-electron chi connectivity index (χ0n) is 14.0. The van der Waals surface area contributed by atoms with E-state index in [2.05, 4.69) is 20.4 Å². The molecule has 128 valence electrons.